The molecule has 0 saturated carbocycles. The van der Waals surface area contributed by atoms with Gasteiger partial charge in [0.2, 0.25) is 0 Å². The van der Waals surface area contributed by atoms with Crippen LogP contribution in [0.3, 0.4) is 0 Å². The largest absolute Gasteiger partial charge is 0.342 e. The molecule has 29 heavy (non-hydrogen) atoms. The SMILES string of the molecule is O=C(c1cnn(-c2ccccc2Cl)c1)N1CCCC(c2nc3ccccc3[nH]2)C1. The second kappa shape index (κ2) is 7.37. The molecule has 7 heteroatoms. The molecule has 1 aliphatic rings. The first-order valence-corrected chi connectivity index (χ1v) is 10.1. The van der Waals surface area contributed by atoms with Crippen molar-refractivity contribution in [2.24, 2.45) is 0 Å². The number of aromatic nitrogens is 4. The molecule has 0 bridgehead atoms. The third-order valence-electron chi connectivity index (χ3n) is 5.43. The van der Waals surface area contributed by atoms with Gasteiger partial charge >= 0.3 is 0 Å². The average Bonchev–Trinajstić information content (AvgIpc) is 3.41. The lowest BCUT2D eigenvalue weighted by atomic mass is 9.97. The number of hydrogen-bond acceptors (Lipinski definition) is 3. The molecule has 4 aromatic rings. The molecule has 1 amide bonds. The number of benzene rings is 2. The van der Waals surface area contributed by atoms with Gasteiger partial charge in [-0.05, 0) is 37.1 Å². The van der Waals surface area contributed by atoms with Gasteiger partial charge in [-0.25, -0.2) is 9.67 Å². The number of halogens is 1. The number of imidazole rings is 1. The number of likely N-dealkylation sites (tertiary alicyclic amines) is 1. The first-order chi connectivity index (χ1) is 14.2. The molecule has 1 N–H and O–H groups in total. The van der Waals surface area contributed by atoms with E-state index in [0.717, 1.165) is 41.9 Å². The van der Waals surface area contributed by atoms with Crippen LogP contribution in [0.1, 0.15) is 34.9 Å². The van der Waals surface area contributed by atoms with Gasteiger partial charge in [-0.1, -0.05) is 35.9 Å². The monoisotopic (exact) mass is 405 g/mol. The fourth-order valence-electron chi connectivity index (χ4n) is 3.94. The lowest BCUT2D eigenvalue weighted by Gasteiger charge is -2.31. The molecule has 2 aromatic carbocycles. The number of rotatable bonds is 3. The molecule has 0 spiro atoms. The third kappa shape index (κ3) is 3.40. The topological polar surface area (TPSA) is 66.8 Å². The Kier molecular flexibility index (Phi) is 4.56. The number of para-hydroxylation sites is 3. The summed E-state index contributed by atoms with van der Waals surface area (Å²) in [6.07, 6.45) is 5.32. The Bertz CT molecular complexity index is 1150. The van der Waals surface area contributed by atoms with Crippen molar-refractivity contribution >= 4 is 28.5 Å². The molecule has 3 heterocycles. The van der Waals surface area contributed by atoms with E-state index in [1.165, 1.54) is 0 Å². The van der Waals surface area contributed by atoms with Gasteiger partial charge in [0, 0.05) is 25.2 Å². The molecule has 1 saturated heterocycles. The van der Waals surface area contributed by atoms with Crippen molar-refractivity contribution in [1.29, 1.82) is 0 Å². The molecule has 0 radical (unpaired) electrons. The molecular formula is C22H20ClN5O. The fraction of sp³-hybridized carbons (Fsp3) is 0.227. The van der Waals surface area contributed by atoms with E-state index in [0.29, 0.717) is 17.1 Å². The van der Waals surface area contributed by atoms with E-state index in [2.05, 4.69) is 10.1 Å². The van der Waals surface area contributed by atoms with Gasteiger partial charge in [-0.3, -0.25) is 4.79 Å². The Balaban J connectivity index is 1.35. The van der Waals surface area contributed by atoms with E-state index in [-0.39, 0.29) is 11.8 Å². The van der Waals surface area contributed by atoms with Crippen molar-refractivity contribution < 1.29 is 4.79 Å². The summed E-state index contributed by atoms with van der Waals surface area (Å²) in [5, 5.41) is 4.93. The van der Waals surface area contributed by atoms with Crippen LogP contribution in [0.15, 0.2) is 60.9 Å². The van der Waals surface area contributed by atoms with Gasteiger partial charge in [0.15, 0.2) is 0 Å². The Labute approximate surface area is 173 Å². The third-order valence-corrected chi connectivity index (χ3v) is 5.75. The van der Waals surface area contributed by atoms with Gasteiger partial charge in [0.25, 0.3) is 5.91 Å². The zero-order chi connectivity index (χ0) is 19.8. The van der Waals surface area contributed by atoms with Crippen LogP contribution in [-0.4, -0.2) is 43.6 Å². The van der Waals surface area contributed by atoms with Crippen LogP contribution in [0.2, 0.25) is 5.02 Å². The maximum Gasteiger partial charge on any atom is 0.257 e. The maximum absolute atomic E-state index is 13.1. The number of carbonyl (C=O) groups is 1. The van der Waals surface area contributed by atoms with Crippen molar-refractivity contribution in [2.45, 2.75) is 18.8 Å². The van der Waals surface area contributed by atoms with E-state index < -0.39 is 0 Å². The quantitative estimate of drug-likeness (QED) is 0.548. The average molecular weight is 406 g/mol. The van der Waals surface area contributed by atoms with Crippen molar-refractivity contribution in [2.75, 3.05) is 13.1 Å². The lowest BCUT2D eigenvalue weighted by molar-refractivity contribution is 0.0705. The predicted molar refractivity (Wildman–Crippen MR) is 113 cm³/mol. The Morgan fingerprint density at radius 1 is 1.14 bits per heavy atom. The summed E-state index contributed by atoms with van der Waals surface area (Å²) < 4.78 is 1.65. The first kappa shape index (κ1) is 17.9. The van der Waals surface area contributed by atoms with Crippen molar-refractivity contribution in [3.8, 4) is 5.69 Å². The number of fused-ring (bicyclic) bond motifs is 1. The number of nitrogens with one attached hydrogen (secondary N) is 1. The standard InChI is InChI=1S/C22H20ClN5O/c23-17-7-1-4-10-20(17)28-14-16(12-24-28)22(29)27-11-5-6-15(13-27)21-25-18-8-2-3-9-19(18)26-21/h1-4,7-10,12,14-15H,5-6,11,13H2,(H,25,26). The summed E-state index contributed by atoms with van der Waals surface area (Å²) >= 11 is 6.25. The summed E-state index contributed by atoms with van der Waals surface area (Å²) in [7, 11) is 0. The predicted octanol–water partition coefficient (Wildman–Crippen LogP) is 4.42. The highest BCUT2D eigenvalue weighted by Gasteiger charge is 2.28. The zero-order valence-electron chi connectivity index (χ0n) is 15.8. The van der Waals surface area contributed by atoms with Gasteiger partial charge in [0.05, 0.1) is 33.5 Å². The molecule has 1 fully saturated rings. The van der Waals surface area contributed by atoms with Gasteiger partial charge < -0.3 is 9.88 Å². The van der Waals surface area contributed by atoms with Crippen molar-refractivity contribution in [1.82, 2.24) is 24.6 Å². The summed E-state index contributed by atoms with van der Waals surface area (Å²) in [5.74, 6) is 1.15. The van der Waals surface area contributed by atoms with E-state index in [9.17, 15) is 4.79 Å². The first-order valence-electron chi connectivity index (χ1n) is 9.72. The molecule has 1 aliphatic heterocycles. The zero-order valence-corrected chi connectivity index (χ0v) is 16.5. The lowest BCUT2D eigenvalue weighted by Crippen LogP contribution is -2.39. The van der Waals surface area contributed by atoms with Crippen LogP contribution in [-0.2, 0) is 0 Å². The molecule has 6 nitrogen and oxygen atoms in total. The van der Waals surface area contributed by atoms with Crippen LogP contribution in [0.4, 0.5) is 0 Å². The highest BCUT2D eigenvalue weighted by Crippen LogP contribution is 2.28. The number of H-pyrrole nitrogens is 1. The Morgan fingerprint density at radius 3 is 2.83 bits per heavy atom. The summed E-state index contributed by atoms with van der Waals surface area (Å²) in [4.78, 5) is 23.1. The smallest absolute Gasteiger partial charge is 0.257 e. The van der Waals surface area contributed by atoms with Gasteiger partial charge in [-0.15, -0.1) is 0 Å². The molecule has 146 valence electrons. The van der Waals surface area contributed by atoms with E-state index in [1.807, 2.05) is 53.4 Å². The normalized spacial score (nSPS) is 17.0. The number of hydrogen-bond donors (Lipinski definition) is 1. The number of aromatic amines is 1. The maximum atomic E-state index is 13.1. The van der Waals surface area contributed by atoms with Crippen molar-refractivity contribution in [3.05, 3.63) is 77.3 Å². The fourth-order valence-corrected chi connectivity index (χ4v) is 4.16. The minimum absolute atomic E-state index is 0.0101. The van der Waals surface area contributed by atoms with E-state index in [1.54, 1.807) is 17.1 Å². The van der Waals surface area contributed by atoms with Gasteiger partial charge in [-0.2, -0.15) is 5.10 Å². The van der Waals surface area contributed by atoms with Gasteiger partial charge in [0.1, 0.15) is 5.82 Å². The molecular weight excluding hydrogens is 386 g/mol. The Morgan fingerprint density at radius 2 is 1.97 bits per heavy atom. The number of piperidine rings is 1. The summed E-state index contributed by atoms with van der Waals surface area (Å²) in [6, 6.07) is 15.5. The number of nitrogens with zero attached hydrogens (tertiary/aromatic N) is 4. The van der Waals surface area contributed by atoms with E-state index >= 15 is 0 Å². The minimum atomic E-state index is -0.0101. The summed E-state index contributed by atoms with van der Waals surface area (Å²) in [6.45, 7) is 1.39. The minimum Gasteiger partial charge on any atom is -0.342 e. The van der Waals surface area contributed by atoms with E-state index in [4.69, 9.17) is 16.6 Å². The van der Waals surface area contributed by atoms with Crippen LogP contribution in [0.5, 0.6) is 0 Å². The van der Waals surface area contributed by atoms with Crippen LogP contribution < -0.4 is 0 Å². The van der Waals surface area contributed by atoms with Crippen LogP contribution in [0, 0.1) is 0 Å². The molecule has 2 aromatic heterocycles. The number of amides is 1. The number of carbonyl (C=O) groups excluding carboxylic acids is 1. The second-order valence-corrected chi connectivity index (χ2v) is 7.76. The molecule has 1 atom stereocenters. The second-order valence-electron chi connectivity index (χ2n) is 7.35. The highest BCUT2D eigenvalue weighted by molar-refractivity contribution is 6.32. The Hall–Kier alpha value is -3.12. The highest BCUT2D eigenvalue weighted by atomic mass is 35.5. The molecule has 5 rings (SSSR count). The van der Waals surface area contributed by atoms with Crippen molar-refractivity contribution in [3.63, 3.8) is 0 Å². The summed E-state index contributed by atoms with van der Waals surface area (Å²) in [5.41, 5.74) is 3.32. The molecule has 1 unspecified atom stereocenters. The van der Waals surface area contributed by atoms with Crippen LogP contribution in [0.25, 0.3) is 16.7 Å². The van der Waals surface area contributed by atoms with Crippen LogP contribution >= 0.6 is 11.6 Å². The molecule has 0 aliphatic carbocycles.